The van der Waals surface area contributed by atoms with Crippen LogP contribution in [-0.2, 0) is 0 Å². The van der Waals surface area contributed by atoms with Crippen molar-refractivity contribution in [3.05, 3.63) is 34.9 Å². The molecule has 0 amide bonds. The first-order valence-corrected chi connectivity index (χ1v) is 6.90. The van der Waals surface area contributed by atoms with Crippen molar-refractivity contribution >= 4 is 11.6 Å². The van der Waals surface area contributed by atoms with Gasteiger partial charge in [0.15, 0.2) is 0 Å². The number of nitrogens with zero attached hydrogens (tertiary/aromatic N) is 2. The number of halogens is 1. The summed E-state index contributed by atoms with van der Waals surface area (Å²) in [5.41, 5.74) is 7.34. The second-order valence-electron chi connectivity index (χ2n) is 5.16. The molecule has 4 heteroatoms. The minimum absolute atomic E-state index is 0.0771. The van der Waals surface area contributed by atoms with E-state index in [0.29, 0.717) is 0 Å². The van der Waals surface area contributed by atoms with Gasteiger partial charge in [0.25, 0.3) is 0 Å². The van der Waals surface area contributed by atoms with Crippen LogP contribution >= 0.6 is 11.6 Å². The van der Waals surface area contributed by atoms with E-state index >= 15 is 0 Å². The highest BCUT2D eigenvalue weighted by Gasteiger charge is 2.27. The Labute approximate surface area is 115 Å². The molecule has 0 aromatic heterocycles. The largest absolute Gasteiger partial charge is 0.326 e. The SMILES string of the molecule is CC(N)C(c1ccccc1Cl)N1CCN(C)CC1. The third-order valence-corrected chi connectivity index (χ3v) is 4.00. The highest BCUT2D eigenvalue weighted by atomic mass is 35.5. The van der Waals surface area contributed by atoms with Crippen molar-refractivity contribution in [1.29, 1.82) is 0 Å². The lowest BCUT2D eigenvalue weighted by molar-refractivity contribution is 0.101. The van der Waals surface area contributed by atoms with Gasteiger partial charge >= 0.3 is 0 Å². The second-order valence-corrected chi connectivity index (χ2v) is 5.57. The van der Waals surface area contributed by atoms with Crippen molar-refractivity contribution in [2.75, 3.05) is 33.2 Å². The summed E-state index contributed by atoms with van der Waals surface area (Å²) in [5.74, 6) is 0. The lowest BCUT2D eigenvalue weighted by Crippen LogP contribution is -2.49. The molecule has 2 rings (SSSR count). The van der Waals surface area contributed by atoms with E-state index in [0.717, 1.165) is 36.8 Å². The first kappa shape index (κ1) is 13.8. The molecule has 2 unspecified atom stereocenters. The van der Waals surface area contributed by atoms with Gasteiger partial charge in [0.2, 0.25) is 0 Å². The van der Waals surface area contributed by atoms with E-state index < -0.39 is 0 Å². The van der Waals surface area contributed by atoms with Crippen molar-refractivity contribution in [3.8, 4) is 0 Å². The van der Waals surface area contributed by atoms with Crippen molar-refractivity contribution in [1.82, 2.24) is 9.80 Å². The molecule has 1 aromatic carbocycles. The quantitative estimate of drug-likeness (QED) is 0.909. The third kappa shape index (κ3) is 3.04. The summed E-state index contributed by atoms with van der Waals surface area (Å²) in [6.45, 7) is 6.34. The van der Waals surface area contributed by atoms with Crippen molar-refractivity contribution < 1.29 is 0 Å². The Kier molecular flexibility index (Phi) is 4.62. The fourth-order valence-corrected chi connectivity index (χ4v) is 2.88. The van der Waals surface area contributed by atoms with Crippen molar-refractivity contribution in [3.63, 3.8) is 0 Å². The Hall–Kier alpha value is -0.610. The average Bonchev–Trinajstić information content (AvgIpc) is 2.34. The fraction of sp³-hybridized carbons (Fsp3) is 0.571. The lowest BCUT2D eigenvalue weighted by Gasteiger charge is -2.40. The minimum Gasteiger partial charge on any atom is -0.326 e. The first-order valence-electron chi connectivity index (χ1n) is 6.52. The van der Waals surface area contributed by atoms with E-state index in [9.17, 15) is 0 Å². The molecule has 18 heavy (non-hydrogen) atoms. The van der Waals surface area contributed by atoms with Gasteiger partial charge in [-0.15, -0.1) is 0 Å². The number of hydrogen-bond acceptors (Lipinski definition) is 3. The molecule has 0 bridgehead atoms. The Morgan fingerprint density at radius 1 is 1.17 bits per heavy atom. The molecule has 1 heterocycles. The second kappa shape index (κ2) is 6.02. The van der Waals surface area contributed by atoms with Gasteiger partial charge < -0.3 is 10.6 Å². The van der Waals surface area contributed by atoms with Crippen LogP contribution in [0.1, 0.15) is 18.5 Å². The van der Waals surface area contributed by atoms with Gasteiger partial charge in [-0.1, -0.05) is 29.8 Å². The van der Waals surface area contributed by atoms with Crippen LogP contribution in [0, 0.1) is 0 Å². The molecule has 100 valence electrons. The third-order valence-electron chi connectivity index (χ3n) is 3.65. The number of rotatable bonds is 3. The number of piperazine rings is 1. The number of likely N-dealkylation sites (N-methyl/N-ethyl adjacent to an activating group) is 1. The van der Waals surface area contributed by atoms with E-state index in [1.807, 2.05) is 18.2 Å². The summed E-state index contributed by atoms with van der Waals surface area (Å²) >= 11 is 6.32. The lowest BCUT2D eigenvalue weighted by atomic mass is 9.98. The molecule has 0 radical (unpaired) electrons. The zero-order chi connectivity index (χ0) is 13.1. The molecule has 0 spiro atoms. The molecule has 2 atom stereocenters. The molecule has 1 aromatic rings. The zero-order valence-corrected chi connectivity index (χ0v) is 11.9. The molecule has 0 saturated carbocycles. The van der Waals surface area contributed by atoms with E-state index in [4.69, 9.17) is 17.3 Å². The molecule has 1 aliphatic heterocycles. The maximum atomic E-state index is 6.32. The van der Waals surface area contributed by atoms with Crippen LogP contribution in [0.2, 0.25) is 5.02 Å². The van der Waals surface area contributed by atoms with Crippen LogP contribution in [0.25, 0.3) is 0 Å². The van der Waals surface area contributed by atoms with Gasteiger partial charge in [0, 0.05) is 37.2 Å². The maximum absolute atomic E-state index is 6.32. The number of hydrogen-bond donors (Lipinski definition) is 1. The highest BCUT2D eigenvalue weighted by molar-refractivity contribution is 6.31. The van der Waals surface area contributed by atoms with E-state index in [1.54, 1.807) is 0 Å². The molecule has 1 fully saturated rings. The predicted molar refractivity (Wildman–Crippen MR) is 76.9 cm³/mol. The zero-order valence-electron chi connectivity index (χ0n) is 11.1. The Morgan fingerprint density at radius 3 is 2.33 bits per heavy atom. The fourth-order valence-electron chi connectivity index (χ4n) is 2.63. The van der Waals surface area contributed by atoms with Crippen molar-refractivity contribution in [2.45, 2.75) is 19.0 Å². The molecule has 1 saturated heterocycles. The van der Waals surface area contributed by atoms with Gasteiger partial charge in [-0.3, -0.25) is 4.90 Å². The van der Waals surface area contributed by atoms with Gasteiger partial charge in [-0.2, -0.15) is 0 Å². The monoisotopic (exact) mass is 267 g/mol. The Morgan fingerprint density at radius 2 is 1.78 bits per heavy atom. The van der Waals surface area contributed by atoms with Crippen molar-refractivity contribution in [2.24, 2.45) is 5.73 Å². The van der Waals surface area contributed by atoms with Gasteiger partial charge in [0.05, 0.1) is 6.04 Å². The summed E-state index contributed by atoms with van der Waals surface area (Å²) in [6, 6.07) is 8.33. The smallest absolute Gasteiger partial charge is 0.0512 e. The summed E-state index contributed by atoms with van der Waals surface area (Å²) < 4.78 is 0. The highest BCUT2D eigenvalue weighted by Crippen LogP contribution is 2.30. The average molecular weight is 268 g/mol. The van der Waals surface area contributed by atoms with Crippen LogP contribution in [0.4, 0.5) is 0 Å². The Bertz CT molecular complexity index is 386. The van der Waals surface area contributed by atoms with E-state index in [-0.39, 0.29) is 12.1 Å². The van der Waals surface area contributed by atoms with Crippen LogP contribution in [0.5, 0.6) is 0 Å². The number of benzene rings is 1. The summed E-state index contributed by atoms with van der Waals surface area (Å²) in [7, 11) is 2.16. The predicted octanol–water partition coefficient (Wildman–Crippen LogP) is 1.98. The topological polar surface area (TPSA) is 32.5 Å². The molecular formula is C14H22ClN3. The molecular weight excluding hydrogens is 246 g/mol. The first-order chi connectivity index (χ1) is 8.59. The van der Waals surface area contributed by atoms with Gasteiger partial charge in [-0.05, 0) is 25.6 Å². The van der Waals surface area contributed by atoms with Crippen LogP contribution in [0.15, 0.2) is 24.3 Å². The Balaban J connectivity index is 2.21. The summed E-state index contributed by atoms with van der Waals surface area (Å²) in [6.07, 6.45) is 0. The summed E-state index contributed by atoms with van der Waals surface area (Å²) in [4.78, 5) is 4.80. The normalized spacial score (nSPS) is 21.8. The van der Waals surface area contributed by atoms with Crippen LogP contribution in [0.3, 0.4) is 0 Å². The van der Waals surface area contributed by atoms with Gasteiger partial charge in [-0.25, -0.2) is 0 Å². The van der Waals surface area contributed by atoms with E-state index in [2.05, 4.69) is 29.8 Å². The summed E-state index contributed by atoms with van der Waals surface area (Å²) in [5, 5.41) is 0.818. The van der Waals surface area contributed by atoms with Crippen LogP contribution in [-0.4, -0.2) is 49.1 Å². The number of nitrogens with two attached hydrogens (primary N) is 1. The van der Waals surface area contributed by atoms with Gasteiger partial charge in [0.1, 0.15) is 0 Å². The maximum Gasteiger partial charge on any atom is 0.0512 e. The molecule has 0 aliphatic carbocycles. The van der Waals surface area contributed by atoms with E-state index in [1.165, 1.54) is 0 Å². The molecule has 3 nitrogen and oxygen atoms in total. The minimum atomic E-state index is 0.0771. The molecule has 1 aliphatic rings. The molecule has 2 N–H and O–H groups in total. The van der Waals surface area contributed by atoms with Crippen LogP contribution < -0.4 is 5.73 Å². The standard InChI is InChI=1S/C14H22ClN3/c1-11(16)14(12-5-3-4-6-13(12)15)18-9-7-17(2)8-10-18/h3-6,11,14H,7-10,16H2,1-2H3.